The number of piperidine rings is 1. The summed E-state index contributed by atoms with van der Waals surface area (Å²) in [5.41, 5.74) is 0.861. The maximum absolute atomic E-state index is 10.5. The first kappa shape index (κ1) is 11.3. The topological polar surface area (TPSA) is 40.5 Å². The van der Waals surface area contributed by atoms with Gasteiger partial charge in [0.05, 0.1) is 5.60 Å². The van der Waals surface area contributed by atoms with Gasteiger partial charge in [0.15, 0.2) is 0 Å². The molecule has 3 nitrogen and oxygen atoms in total. The van der Waals surface area contributed by atoms with E-state index in [9.17, 15) is 9.90 Å². The highest BCUT2D eigenvalue weighted by atomic mass is 16.3. The molecule has 0 aliphatic carbocycles. The summed E-state index contributed by atoms with van der Waals surface area (Å²) >= 11 is 0. The molecule has 0 radical (unpaired) electrons. The number of benzene rings is 1. The van der Waals surface area contributed by atoms with E-state index in [0.29, 0.717) is 5.56 Å². The Balaban J connectivity index is 2.19. The van der Waals surface area contributed by atoms with E-state index in [4.69, 9.17) is 0 Å². The van der Waals surface area contributed by atoms with E-state index in [1.165, 1.54) is 0 Å². The Kier molecular flexibility index (Phi) is 3.08. The molecule has 0 amide bonds. The molecule has 0 atom stereocenters. The fraction of sp³-hybridized carbons (Fsp3) is 0.462. The van der Waals surface area contributed by atoms with E-state index in [1.807, 2.05) is 12.1 Å². The van der Waals surface area contributed by atoms with Crippen LogP contribution in [0.5, 0.6) is 0 Å². The van der Waals surface area contributed by atoms with Crippen LogP contribution in [-0.4, -0.2) is 36.4 Å². The van der Waals surface area contributed by atoms with Crippen LogP contribution in [0.4, 0.5) is 0 Å². The van der Waals surface area contributed by atoms with Gasteiger partial charge in [-0.25, -0.2) is 0 Å². The van der Waals surface area contributed by atoms with Crippen LogP contribution < -0.4 is 0 Å². The number of hydrogen-bond acceptors (Lipinski definition) is 3. The summed E-state index contributed by atoms with van der Waals surface area (Å²) in [5, 5.41) is 10.5. The predicted molar refractivity (Wildman–Crippen MR) is 62.5 cm³/mol. The van der Waals surface area contributed by atoms with Gasteiger partial charge in [0, 0.05) is 18.7 Å². The molecule has 0 unspecified atom stereocenters. The van der Waals surface area contributed by atoms with Crippen LogP contribution in [0, 0.1) is 0 Å². The second-order valence-corrected chi connectivity index (χ2v) is 4.57. The van der Waals surface area contributed by atoms with Crippen molar-refractivity contribution in [3.8, 4) is 0 Å². The highest BCUT2D eigenvalue weighted by molar-refractivity contribution is 5.74. The third-order valence-electron chi connectivity index (χ3n) is 3.40. The van der Waals surface area contributed by atoms with Gasteiger partial charge in [-0.2, -0.15) is 0 Å². The molecule has 1 aliphatic rings. The molecular weight excluding hydrogens is 202 g/mol. The van der Waals surface area contributed by atoms with Crippen molar-refractivity contribution >= 4 is 6.29 Å². The minimum atomic E-state index is -0.714. The molecule has 1 aromatic carbocycles. The highest BCUT2D eigenvalue weighted by Gasteiger charge is 2.32. The number of aldehydes is 1. The van der Waals surface area contributed by atoms with E-state index in [0.717, 1.165) is 37.8 Å². The van der Waals surface area contributed by atoms with Crippen LogP contribution in [-0.2, 0) is 5.60 Å². The predicted octanol–water partition coefficient (Wildman–Crippen LogP) is 1.41. The Morgan fingerprint density at radius 2 is 1.81 bits per heavy atom. The molecular formula is C13H17NO2. The van der Waals surface area contributed by atoms with Crippen molar-refractivity contribution in [1.82, 2.24) is 4.90 Å². The van der Waals surface area contributed by atoms with Gasteiger partial charge in [-0.15, -0.1) is 0 Å². The summed E-state index contributed by atoms with van der Waals surface area (Å²) in [6.45, 7) is 1.82. The lowest BCUT2D eigenvalue weighted by atomic mass is 9.84. The van der Waals surface area contributed by atoms with E-state index in [2.05, 4.69) is 11.9 Å². The zero-order valence-corrected chi connectivity index (χ0v) is 9.52. The van der Waals surface area contributed by atoms with E-state index in [1.54, 1.807) is 12.1 Å². The number of carbonyl (C=O) groups is 1. The lowest BCUT2D eigenvalue weighted by molar-refractivity contribution is -0.0203. The van der Waals surface area contributed by atoms with Gasteiger partial charge < -0.3 is 10.0 Å². The number of carbonyl (C=O) groups excluding carboxylic acids is 1. The SMILES string of the molecule is CN1CCC(O)(c2ccc(C=O)cc2)CC1. The van der Waals surface area contributed by atoms with E-state index < -0.39 is 5.60 Å². The zero-order valence-electron chi connectivity index (χ0n) is 9.52. The summed E-state index contributed by atoms with van der Waals surface area (Å²) in [6.07, 6.45) is 2.33. The molecule has 1 fully saturated rings. The second kappa shape index (κ2) is 4.36. The summed E-state index contributed by atoms with van der Waals surface area (Å²) in [5.74, 6) is 0. The molecule has 0 spiro atoms. The van der Waals surface area contributed by atoms with Gasteiger partial charge in [-0.1, -0.05) is 24.3 Å². The number of nitrogens with zero attached hydrogens (tertiary/aromatic N) is 1. The molecule has 2 rings (SSSR count). The summed E-state index contributed by atoms with van der Waals surface area (Å²) in [7, 11) is 2.06. The summed E-state index contributed by atoms with van der Waals surface area (Å²) in [4.78, 5) is 12.8. The van der Waals surface area contributed by atoms with E-state index >= 15 is 0 Å². The quantitative estimate of drug-likeness (QED) is 0.765. The Morgan fingerprint density at radius 3 is 2.31 bits per heavy atom. The van der Waals surface area contributed by atoms with Crippen molar-refractivity contribution in [2.24, 2.45) is 0 Å². The molecule has 1 saturated heterocycles. The van der Waals surface area contributed by atoms with Crippen molar-refractivity contribution in [3.63, 3.8) is 0 Å². The fourth-order valence-electron chi connectivity index (χ4n) is 2.15. The zero-order chi connectivity index (χ0) is 11.6. The summed E-state index contributed by atoms with van der Waals surface area (Å²) in [6, 6.07) is 7.24. The Labute approximate surface area is 95.7 Å². The van der Waals surface area contributed by atoms with Crippen LogP contribution in [0.25, 0.3) is 0 Å². The molecule has 1 aromatic rings. The van der Waals surface area contributed by atoms with Crippen molar-refractivity contribution < 1.29 is 9.90 Å². The molecule has 0 aromatic heterocycles. The van der Waals surface area contributed by atoms with Crippen molar-refractivity contribution in [2.45, 2.75) is 18.4 Å². The molecule has 0 saturated carbocycles. The van der Waals surface area contributed by atoms with Gasteiger partial charge in [-0.05, 0) is 25.5 Å². The third-order valence-corrected chi connectivity index (χ3v) is 3.40. The second-order valence-electron chi connectivity index (χ2n) is 4.57. The van der Waals surface area contributed by atoms with Crippen molar-refractivity contribution in [1.29, 1.82) is 0 Å². The lowest BCUT2D eigenvalue weighted by Gasteiger charge is -2.36. The molecule has 3 heteroatoms. The minimum Gasteiger partial charge on any atom is -0.385 e. The molecule has 86 valence electrons. The Morgan fingerprint density at radius 1 is 1.25 bits per heavy atom. The van der Waals surface area contributed by atoms with Crippen LogP contribution in [0.2, 0.25) is 0 Å². The molecule has 1 N–H and O–H groups in total. The van der Waals surface area contributed by atoms with Crippen LogP contribution in [0.1, 0.15) is 28.8 Å². The van der Waals surface area contributed by atoms with Gasteiger partial charge >= 0.3 is 0 Å². The number of aliphatic hydroxyl groups is 1. The molecule has 16 heavy (non-hydrogen) atoms. The normalized spacial score (nSPS) is 20.6. The van der Waals surface area contributed by atoms with Crippen LogP contribution in [0.15, 0.2) is 24.3 Å². The molecule has 1 heterocycles. The maximum Gasteiger partial charge on any atom is 0.150 e. The molecule has 1 aliphatic heterocycles. The minimum absolute atomic E-state index is 0.653. The standard InChI is InChI=1S/C13H17NO2/c1-14-8-6-13(16,7-9-14)12-4-2-11(10-15)3-5-12/h2-5,10,16H,6-9H2,1H3. The lowest BCUT2D eigenvalue weighted by Crippen LogP contribution is -2.40. The highest BCUT2D eigenvalue weighted by Crippen LogP contribution is 2.32. The van der Waals surface area contributed by atoms with Crippen LogP contribution >= 0.6 is 0 Å². The first-order valence-electron chi connectivity index (χ1n) is 5.61. The summed E-state index contributed by atoms with van der Waals surface area (Å²) < 4.78 is 0. The third kappa shape index (κ3) is 2.15. The average molecular weight is 219 g/mol. The monoisotopic (exact) mass is 219 g/mol. The van der Waals surface area contributed by atoms with Crippen molar-refractivity contribution in [2.75, 3.05) is 20.1 Å². The Hall–Kier alpha value is -1.19. The fourth-order valence-corrected chi connectivity index (χ4v) is 2.15. The van der Waals surface area contributed by atoms with E-state index in [-0.39, 0.29) is 0 Å². The van der Waals surface area contributed by atoms with Crippen molar-refractivity contribution in [3.05, 3.63) is 35.4 Å². The smallest absolute Gasteiger partial charge is 0.150 e. The first-order valence-corrected chi connectivity index (χ1v) is 5.61. The van der Waals surface area contributed by atoms with Crippen LogP contribution in [0.3, 0.4) is 0 Å². The number of hydrogen-bond donors (Lipinski definition) is 1. The maximum atomic E-state index is 10.5. The first-order chi connectivity index (χ1) is 7.64. The Bertz CT molecular complexity index is 364. The number of likely N-dealkylation sites (tertiary alicyclic amines) is 1. The average Bonchev–Trinajstić information content (AvgIpc) is 2.33. The largest absolute Gasteiger partial charge is 0.385 e. The van der Waals surface area contributed by atoms with Gasteiger partial charge in [0.1, 0.15) is 6.29 Å². The van der Waals surface area contributed by atoms with Gasteiger partial charge in [-0.3, -0.25) is 4.79 Å². The molecule has 0 bridgehead atoms. The van der Waals surface area contributed by atoms with Gasteiger partial charge in [0.2, 0.25) is 0 Å². The number of rotatable bonds is 2. The van der Waals surface area contributed by atoms with Gasteiger partial charge in [0.25, 0.3) is 0 Å².